The van der Waals surface area contributed by atoms with E-state index in [1.165, 1.54) is 173 Å². The van der Waals surface area contributed by atoms with Crippen LogP contribution in [0, 0.1) is 0 Å². The van der Waals surface area contributed by atoms with Crippen LogP contribution >= 0.6 is 7.60 Å². The first-order valence-electron chi connectivity index (χ1n) is 18.4. The number of hydroxylamine groups is 1. The zero-order chi connectivity index (χ0) is 30.8. The average Bonchev–Trinajstić information content (AvgIpc) is 2.96. The van der Waals surface area contributed by atoms with Gasteiger partial charge in [-0.15, -0.1) is 0 Å². The van der Waals surface area contributed by atoms with Gasteiger partial charge in [0, 0.05) is 12.6 Å². The fraction of sp³-hybridized carbons (Fsp3) is 0.971. The van der Waals surface area contributed by atoms with Crippen molar-refractivity contribution in [1.29, 1.82) is 0 Å². The van der Waals surface area contributed by atoms with Gasteiger partial charge in [0.15, 0.2) is 0 Å². The quantitative estimate of drug-likeness (QED) is 0.0245. The van der Waals surface area contributed by atoms with Crippen molar-refractivity contribution >= 4 is 13.5 Å². The number of carbonyl (C=O) groups excluding carboxylic acids is 1. The third kappa shape index (κ3) is 37.6. The third-order valence-corrected chi connectivity index (χ3v) is 9.63. The standard InChI is InChI=1S/C35H72NO5P/c37-35(36-38)33-31-29-27-25-23-21-19-17-15-13-11-9-7-5-3-1-2-4-6-8-10-12-14-16-18-20-22-24-26-28-30-32-34-42(39,40)41/h38H,1-34H2,(H,36,37)(H2,39,40,41). The first-order valence-corrected chi connectivity index (χ1v) is 20.2. The second kappa shape index (κ2) is 33.5. The molecule has 0 radical (unpaired) electrons. The highest BCUT2D eigenvalue weighted by molar-refractivity contribution is 7.51. The van der Waals surface area contributed by atoms with E-state index >= 15 is 0 Å². The molecule has 0 bridgehead atoms. The molecule has 4 N–H and O–H groups in total. The molecule has 7 heteroatoms. The summed E-state index contributed by atoms with van der Waals surface area (Å²) >= 11 is 0. The van der Waals surface area contributed by atoms with E-state index in [1.807, 2.05) is 0 Å². The highest BCUT2D eigenvalue weighted by atomic mass is 31.2. The first kappa shape index (κ1) is 41.6. The van der Waals surface area contributed by atoms with Crippen molar-refractivity contribution in [2.75, 3.05) is 6.16 Å². The molecule has 0 fully saturated rings. The molecule has 0 spiro atoms. The number of amides is 1. The van der Waals surface area contributed by atoms with Crippen LogP contribution in [-0.2, 0) is 9.36 Å². The van der Waals surface area contributed by atoms with Crippen LogP contribution in [0.5, 0.6) is 0 Å². The second-order valence-corrected chi connectivity index (χ2v) is 14.8. The van der Waals surface area contributed by atoms with Crippen LogP contribution in [0.3, 0.4) is 0 Å². The minimum Gasteiger partial charge on any atom is -0.324 e. The van der Waals surface area contributed by atoms with Gasteiger partial charge in [-0.05, 0) is 12.8 Å². The number of rotatable bonds is 35. The minimum atomic E-state index is -3.78. The van der Waals surface area contributed by atoms with E-state index in [-0.39, 0.29) is 12.1 Å². The molecule has 6 nitrogen and oxygen atoms in total. The van der Waals surface area contributed by atoms with Gasteiger partial charge in [-0.25, -0.2) is 5.48 Å². The Morgan fingerprint density at radius 3 is 0.762 bits per heavy atom. The predicted molar refractivity (Wildman–Crippen MR) is 179 cm³/mol. The molecule has 0 unspecified atom stereocenters. The van der Waals surface area contributed by atoms with Gasteiger partial charge in [-0.3, -0.25) is 14.6 Å². The topological polar surface area (TPSA) is 107 Å². The van der Waals surface area contributed by atoms with Crippen LogP contribution in [0.15, 0.2) is 0 Å². The lowest BCUT2D eigenvalue weighted by molar-refractivity contribution is -0.129. The summed E-state index contributed by atoms with van der Waals surface area (Å²) < 4.78 is 10.8. The van der Waals surface area contributed by atoms with Crippen molar-refractivity contribution in [3.05, 3.63) is 0 Å². The summed E-state index contributed by atoms with van der Waals surface area (Å²) in [6, 6.07) is 0. The Kier molecular flexibility index (Phi) is 33.1. The van der Waals surface area contributed by atoms with Gasteiger partial charge < -0.3 is 9.79 Å². The zero-order valence-corrected chi connectivity index (χ0v) is 28.5. The van der Waals surface area contributed by atoms with Gasteiger partial charge in [0.1, 0.15) is 0 Å². The van der Waals surface area contributed by atoms with E-state index in [0.29, 0.717) is 12.8 Å². The lowest BCUT2D eigenvalue weighted by Gasteiger charge is -2.05. The lowest BCUT2D eigenvalue weighted by atomic mass is 10.0. The van der Waals surface area contributed by atoms with Crippen molar-refractivity contribution < 1.29 is 24.4 Å². The lowest BCUT2D eigenvalue weighted by Crippen LogP contribution is -2.17. The van der Waals surface area contributed by atoms with E-state index < -0.39 is 7.60 Å². The molecule has 0 rings (SSSR count). The Morgan fingerprint density at radius 1 is 0.381 bits per heavy atom. The van der Waals surface area contributed by atoms with E-state index in [4.69, 9.17) is 15.0 Å². The van der Waals surface area contributed by atoms with Crippen molar-refractivity contribution in [3.63, 3.8) is 0 Å². The van der Waals surface area contributed by atoms with E-state index in [2.05, 4.69) is 0 Å². The highest BCUT2D eigenvalue weighted by Crippen LogP contribution is 2.35. The Morgan fingerprint density at radius 2 is 0.571 bits per heavy atom. The molecule has 0 saturated carbocycles. The Labute approximate surface area is 261 Å². The van der Waals surface area contributed by atoms with Gasteiger partial charge in [-0.1, -0.05) is 193 Å². The molecule has 0 aromatic rings. The van der Waals surface area contributed by atoms with Gasteiger partial charge in [0.2, 0.25) is 5.91 Å². The van der Waals surface area contributed by atoms with Gasteiger partial charge in [0.25, 0.3) is 0 Å². The van der Waals surface area contributed by atoms with Crippen LogP contribution in [0.25, 0.3) is 0 Å². The fourth-order valence-electron chi connectivity index (χ4n) is 5.96. The Bertz CT molecular complexity index is 598. The molecular weight excluding hydrogens is 545 g/mol. The summed E-state index contributed by atoms with van der Waals surface area (Å²) in [5, 5.41) is 8.45. The number of carbonyl (C=O) groups is 1. The SMILES string of the molecule is O=C(CCCCCCCCCCCCCCCCCCCCCCCCCCCCCCCCCCP(=O)(O)O)NO. The summed E-state index contributed by atoms with van der Waals surface area (Å²) in [5.74, 6) is -0.263. The normalized spacial score (nSPS) is 11.8. The Hall–Kier alpha value is -0.420. The molecular formula is C35H72NO5P. The molecule has 0 aliphatic carbocycles. The zero-order valence-electron chi connectivity index (χ0n) is 27.6. The Balaban J connectivity index is 3.07. The largest absolute Gasteiger partial charge is 0.325 e. The van der Waals surface area contributed by atoms with E-state index in [0.717, 1.165) is 25.7 Å². The summed E-state index contributed by atoms with van der Waals surface area (Å²) in [4.78, 5) is 28.6. The van der Waals surface area contributed by atoms with Crippen molar-refractivity contribution in [3.8, 4) is 0 Å². The number of hydrogen-bond donors (Lipinski definition) is 4. The summed E-state index contributed by atoms with van der Waals surface area (Å²) in [7, 11) is -3.78. The monoisotopic (exact) mass is 618 g/mol. The number of nitrogens with one attached hydrogen (secondary N) is 1. The second-order valence-electron chi connectivity index (χ2n) is 13.0. The first-order chi connectivity index (χ1) is 20.5. The highest BCUT2D eigenvalue weighted by Gasteiger charge is 2.10. The van der Waals surface area contributed by atoms with Gasteiger partial charge in [-0.2, -0.15) is 0 Å². The number of unbranched alkanes of at least 4 members (excludes halogenated alkanes) is 31. The molecule has 252 valence electrons. The van der Waals surface area contributed by atoms with Crippen LogP contribution < -0.4 is 5.48 Å². The fourth-order valence-corrected chi connectivity index (χ4v) is 6.60. The summed E-state index contributed by atoms with van der Waals surface area (Å²) in [6.45, 7) is 0. The van der Waals surface area contributed by atoms with Crippen LogP contribution in [0.2, 0.25) is 0 Å². The van der Waals surface area contributed by atoms with Crippen LogP contribution in [0.1, 0.15) is 212 Å². The van der Waals surface area contributed by atoms with Gasteiger partial charge >= 0.3 is 7.60 Å². The van der Waals surface area contributed by atoms with Crippen molar-refractivity contribution in [1.82, 2.24) is 5.48 Å². The minimum absolute atomic E-state index is 0.0541. The molecule has 0 aliphatic rings. The molecule has 0 saturated heterocycles. The van der Waals surface area contributed by atoms with Crippen LogP contribution in [0.4, 0.5) is 0 Å². The maximum absolute atomic E-state index is 10.9. The van der Waals surface area contributed by atoms with E-state index in [1.54, 1.807) is 5.48 Å². The summed E-state index contributed by atoms with van der Waals surface area (Å²) in [6.07, 6.45) is 42.4. The van der Waals surface area contributed by atoms with Crippen molar-refractivity contribution in [2.24, 2.45) is 0 Å². The smallest absolute Gasteiger partial charge is 0.324 e. The summed E-state index contributed by atoms with van der Waals surface area (Å²) in [5.41, 5.74) is 1.69. The van der Waals surface area contributed by atoms with Crippen LogP contribution in [-0.4, -0.2) is 27.1 Å². The molecule has 1 amide bonds. The molecule has 0 aliphatic heterocycles. The molecule has 0 aromatic heterocycles. The predicted octanol–water partition coefficient (Wildman–Crippen LogP) is 11.5. The maximum Gasteiger partial charge on any atom is 0.325 e. The molecule has 42 heavy (non-hydrogen) atoms. The maximum atomic E-state index is 10.9. The third-order valence-electron chi connectivity index (χ3n) is 8.73. The van der Waals surface area contributed by atoms with Gasteiger partial charge in [0.05, 0.1) is 0 Å². The average molecular weight is 618 g/mol. The molecule has 0 atom stereocenters. The molecule has 0 heterocycles. The molecule has 0 aromatic carbocycles. The van der Waals surface area contributed by atoms with E-state index in [9.17, 15) is 9.36 Å². The number of hydrogen-bond acceptors (Lipinski definition) is 3. The van der Waals surface area contributed by atoms with Crippen molar-refractivity contribution in [2.45, 2.75) is 212 Å².